The van der Waals surface area contributed by atoms with Crippen molar-refractivity contribution in [3.63, 3.8) is 0 Å². The molecule has 1 heterocycles. The molecule has 2 aromatic rings. The highest BCUT2D eigenvalue weighted by atomic mass is 16.5. The van der Waals surface area contributed by atoms with E-state index in [0.29, 0.717) is 13.1 Å². The van der Waals surface area contributed by atoms with Crippen LogP contribution in [-0.2, 0) is 9.59 Å². The van der Waals surface area contributed by atoms with Crippen LogP contribution < -0.4 is 10.1 Å². The van der Waals surface area contributed by atoms with E-state index in [-0.39, 0.29) is 23.7 Å². The molecule has 0 unspecified atom stereocenters. The summed E-state index contributed by atoms with van der Waals surface area (Å²) in [4.78, 5) is 27.0. The van der Waals surface area contributed by atoms with Crippen molar-refractivity contribution in [1.82, 2.24) is 10.2 Å². The predicted molar refractivity (Wildman–Crippen MR) is 112 cm³/mol. The summed E-state index contributed by atoms with van der Waals surface area (Å²) < 4.78 is 5.28. The van der Waals surface area contributed by atoms with E-state index in [2.05, 4.69) is 11.4 Å². The number of nitrogens with one attached hydrogen (secondary N) is 1. The van der Waals surface area contributed by atoms with Crippen molar-refractivity contribution >= 4 is 22.6 Å². The SMILES string of the molecule is CCCNC(=O)C1CCN(C(=O)[C@@H](C)c2ccc3cc(OC)ccc3c2)CC1. The zero-order valence-electron chi connectivity index (χ0n) is 17.0. The Hall–Kier alpha value is -2.56. The van der Waals surface area contributed by atoms with Gasteiger partial charge >= 0.3 is 0 Å². The van der Waals surface area contributed by atoms with Crippen LogP contribution in [0.4, 0.5) is 0 Å². The smallest absolute Gasteiger partial charge is 0.229 e. The summed E-state index contributed by atoms with van der Waals surface area (Å²) in [5.74, 6) is 0.931. The number of rotatable bonds is 6. The van der Waals surface area contributed by atoms with E-state index in [9.17, 15) is 9.59 Å². The second-order valence-corrected chi connectivity index (χ2v) is 7.58. The summed E-state index contributed by atoms with van der Waals surface area (Å²) in [5.41, 5.74) is 1.02. The zero-order chi connectivity index (χ0) is 20.1. The number of carbonyl (C=O) groups is 2. The second-order valence-electron chi connectivity index (χ2n) is 7.58. The normalized spacial score (nSPS) is 16.0. The summed E-state index contributed by atoms with van der Waals surface area (Å²) >= 11 is 0. The van der Waals surface area contributed by atoms with Gasteiger partial charge in [0.1, 0.15) is 5.75 Å². The van der Waals surface area contributed by atoms with Crippen LogP contribution in [0.3, 0.4) is 0 Å². The van der Waals surface area contributed by atoms with Crippen LogP contribution >= 0.6 is 0 Å². The number of benzene rings is 2. The quantitative estimate of drug-likeness (QED) is 0.828. The van der Waals surface area contributed by atoms with Crippen molar-refractivity contribution in [2.24, 2.45) is 5.92 Å². The fraction of sp³-hybridized carbons (Fsp3) is 0.478. The summed E-state index contributed by atoms with van der Waals surface area (Å²) in [6.45, 7) is 6.04. The van der Waals surface area contributed by atoms with Gasteiger partial charge in [-0.3, -0.25) is 9.59 Å². The van der Waals surface area contributed by atoms with E-state index in [4.69, 9.17) is 4.74 Å². The van der Waals surface area contributed by atoms with Gasteiger partial charge in [-0.05, 0) is 54.7 Å². The number of ether oxygens (including phenoxy) is 1. The molecule has 1 atom stereocenters. The van der Waals surface area contributed by atoms with Crippen molar-refractivity contribution < 1.29 is 14.3 Å². The molecule has 1 N–H and O–H groups in total. The van der Waals surface area contributed by atoms with Crippen molar-refractivity contribution in [3.8, 4) is 5.75 Å². The first-order chi connectivity index (χ1) is 13.5. The summed E-state index contributed by atoms with van der Waals surface area (Å²) in [6.07, 6.45) is 2.43. The lowest BCUT2D eigenvalue weighted by Crippen LogP contribution is -2.44. The Bertz CT molecular complexity index is 841. The molecule has 0 aliphatic carbocycles. The van der Waals surface area contributed by atoms with Gasteiger partial charge in [0, 0.05) is 25.6 Å². The molecule has 0 bridgehead atoms. The van der Waals surface area contributed by atoms with Gasteiger partial charge in [-0.1, -0.05) is 31.2 Å². The lowest BCUT2D eigenvalue weighted by molar-refractivity contribution is -0.136. The topological polar surface area (TPSA) is 58.6 Å². The third-order valence-electron chi connectivity index (χ3n) is 5.67. The van der Waals surface area contributed by atoms with Gasteiger partial charge in [0.2, 0.25) is 11.8 Å². The third kappa shape index (κ3) is 4.46. The van der Waals surface area contributed by atoms with Crippen LogP contribution in [-0.4, -0.2) is 43.5 Å². The number of carbonyl (C=O) groups excluding carboxylic acids is 2. The van der Waals surface area contributed by atoms with E-state index in [1.54, 1.807) is 7.11 Å². The molecule has 2 aromatic carbocycles. The molecule has 150 valence electrons. The van der Waals surface area contributed by atoms with Gasteiger partial charge in [-0.2, -0.15) is 0 Å². The van der Waals surface area contributed by atoms with E-state index < -0.39 is 0 Å². The highest BCUT2D eigenvalue weighted by molar-refractivity contribution is 5.88. The Morgan fingerprint density at radius 1 is 1.14 bits per heavy atom. The largest absolute Gasteiger partial charge is 0.497 e. The van der Waals surface area contributed by atoms with Gasteiger partial charge < -0.3 is 15.0 Å². The Morgan fingerprint density at radius 3 is 2.50 bits per heavy atom. The van der Waals surface area contributed by atoms with Crippen molar-refractivity contribution in [2.45, 2.75) is 39.0 Å². The van der Waals surface area contributed by atoms with E-state index in [1.165, 1.54) is 0 Å². The van der Waals surface area contributed by atoms with E-state index in [0.717, 1.165) is 47.9 Å². The van der Waals surface area contributed by atoms with Crippen LogP contribution in [0, 0.1) is 5.92 Å². The fourth-order valence-electron chi connectivity index (χ4n) is 3.81. The molecule has 1 aliphatic heterocycles. The van der Waals surface area contributed by atoms with Crippen LogP contribution in [0.15, 0.2) is 36.4 Å². The molecule has 0 saturated carbocycles. The van der Waals surface area contributed by atoms with Crippen molar-refractivity contribution in [2.75, 3.05) is 26.7 Å². The molecular weight excluding hydrogens is 352 g/mol. The Balaban J connectivity index is 1.63. The van der Waals surface area contributed by atoms with Gasteiger partial charge in [-0.25, -0.2) is 0 Å². The molecule has 0 spiro atoms. The summed E-state index contributed by atoms with van der Waals surface area (Å²) in [6, 6.07) is 12.1. The van der Waals surface area contributed by atoms with Gasteiger partial charge in [0.15, 0.2) is 0 Å². The minimum Gasteiger partial charge on any atom is -0.497 e. The number of hydrogen-bond donors (Lipinski definition) is 1. The lowest BCUT2D eigenvalue weighted by Gasteiger charge is -2.33. The number of amides is 2. The number of piperidine rings is 1. The zero-order valence-corrected chi connectivity index (χ0v) is 17.0. The first kappa shape index (κ1) is 20.2. The number of nitrogens with zero attached hydrogens (tertiary/aromatic N) is 1. The highest BCUT2D eigenvalue weighted by Crippen LogP contribution is 2.27. The lowest BCUT2D eigenvalue weighted by atomic mass is 9.92. The van der Waals surface area contributed by atoms with Crippen LogP contribution in [0.1, 0.15) is 44.6 Å². The molecule has 5 heteroatoms. The highest BCUT2D eigenvalue weighted by Gasteiger charge is 2.29. The van der Waals surface area contributed by atoms with Crippen LogP contribution in [0.5, 0.6) is 5.75 Å². The Kier molecular flexibility index (Phi) is 6.55. The molecule has 3 rings (SSSR count). The molecule has 0 radical (unpaired) electrons. The van der Waals surface area contributed by atoms with Gasteiger partial charge in [-0.15, -0.1) is 0 Å². The molecule has 0 aromatic heterocycles. The Labute approximate surface area is 167 Å². The molecule has 2 amide bonds. The second kappa shape index (κ2) is 9.09. The van der Waals surface area contributed by atoms with Gasteiger partial charge in [0.25, 0.3) is 0 Å². The predicted octanol–water partition coefficient (Wildman–Crippen LogP) is 3.72. The van der Waals surface area contributed by atoms with E-state index in [1.807, 2.05) is 49.1 Å². The fourth-order valence-corrected chi connectivity index (χ4v) is 3.81. The Morgan fingerprint density at radius 2 is 1.82 bits per heavy atom. The monoisotopic (exact) mass is 382 g/mol. The molecule has 5 nitrogen and oxygen atoms in total. The van der Waals surface area contributed by atoms with Gasteiger partial charge in [0.05, 0.1) is 13.0 Å². The maximum Gasteiger partial charge on any atom is 0.229 e. The average Bonchev–Trinajstić information content (AvgIpc) is 2.75. The molecular formula is C23H30N2O3. The number of hydrogen-bond acceptors (Lipinski definition) is 3. The number of likely N-dealkylation sites (tertiary alicyclic amines) is 1. The number of fused-ring (bicyclic) bond motifs is 1. The van der Waals surface area contributed by atoms with Crippen LogP contribution in [0.2, 0.25) is 0 Å². The maximum absolute atomic E-state index is 13.0. The minimum absolute atomic E-state index is 0.0292. The van der Waals surface area contributed by atoms with E-state index >= 15 is 0 Å². The maximum atomic E-state index is 13.0. The summed E-state index contributed by atoms with van der Waals surface area (Å²) in [5, 5.41) is 5.17. The first-order valence-electron chi connectivity index (χ1n) is 10.2. The molecule has 1 aliphatic rings. The summed E-state index contributed by atoms with van der Waals surface area (Å²) in [7, 11) is 1.66. The minimum atomic E-state index is -0.197. The molecule has 1 fully saturated rings. The first-order valence-corrected chi connectivity index (χ1v) is 10.2. The molecule has 1 saturated heterocycles. The average molecular weight is 383 g/mol. The van der Waals surface area contributed by atoms with Crippen molar-refractivity contribution in [1.29, 1.82) is 0 Å². The standard InChI is InChI=1S/C23H30N2O3/c1-4-11-24-22(26)17-9-12-25(13-10-17)23(27)16(2)18-5-6-20-15-21(28-3)8-7-19(20)14-18/h5-8,14-17H,4,9-13H2,1-3H3,(H,24,26)/t16-/m0/s1. The van der Waals surface area contributed by atoms with Crippen molar-refractivity contribution in [3.05, 3.63) is 42.0 Å². The number of methoxy groups -OCH3 is 1. The molecule has 28 heavy (non-hydrogen) atoms. The third-order valence-corrected chi connectivity index (χ3v) is 5.67. The van der Waals surface area contributed by atoms with Crippen LogP contribution in [0.25, 0.3) is 10.8 Å².